The lowest BCUT2D eigenvalue weighted by Gasteiger charge is -2.53. The molecule has 11 rings (SSSR count). The normalized spacial score (nSPS) is 43.2. The number of carbonyl (C=O) groups excluding carboxylic acids is 3. The number of esters is 1. The first-order valence-corrected chi connectivity index (χ1v) is 29.2. The molecule has 6 heterocycles. The number of hydrogen-bond acceptors (Lipinski definition) is 15. The van der Waals surface area contributed by atoms with E-state index in [-0.39, 0.29) is 90.6 Å². The molecule has 1 aromatic carbocycles. The maximum atomic E-state index is 15.1. The highest BCUT2D eigenvalue weighted by Crippen LogP contribution is 2.60. The number of aliphatic hydroxyl groups is 3. The number of hydrogen-bond donors (Lipinski definition) is 8. The third kappa shape index (κ3) is 9.75. The Morgan fingerprint density at radius 3 is 2.35 bits per heavy atom. The number of benzene rings is 1. The molecule has 19 nitrogen and oxygen atoms in total. The molecule has 0 radical (unpaired) electrons. The monoisotopic (exact) mass is 1130 g/mol. The van der Waals surface area contributed by atoms with Gasteiger partial charge < -0.3 is 74.6 Å². The van der Waals surface area contributed by atoms with Gasteiger partial charge in [0.05, 0.1) is 48.8 Å². The zero-order valence-electron chi connectivity index (χ0n) is 46.9. The number of amides is 1. The van der Waals surface area contributed by atoms with E-state index in [1.807, 2.05) is 45.9 Å². The number of allylic oxidation sites excluding steroid dienone is 2. The van der Waals surface area contributed by atoms with Crippen molar-refractivity contribution >= 4 is 57.2 Å². The van der Waals surface area contributed by atoms with Crippen molar-refractivity contribution in [1.29, 1.82) is 0 Å². The lowest BCUT2D eigenvalue weighted by Crippen LogP contribution is -2.61. The van der Waals surface area contributed by atoms with Crippen LogP contribution in [-0.4, -0.2) is 139 Å². The number of carboxylic acids is 1. The van der Waals surface area contributed by atoms with Gasteiger partial charge in [0.15, 0.2) is 24.7 Å². The standard InChI is InChI=1S/C60H79ClN4O15/c1-9-31-23-57(6)24-37(55(70)71)27(2)22-60(57)51(68)48(54(69)65-60)50(67)59(8)32(17-41(31)66)13-15-34-38(59)11-10-12-42(34)77-45-20-43(28(3)26-74-45)78-47-25-58(7,73)52(30(5)76-47)80-46-21-44(49(62)29(4)75-46)79-56(72)40-19-36-35-18-33(61)14-16-39(35)63-53(36)64-40/h13-16,18-19,24,27-32,34,38,41-47,49,52,63-64,66-67,73H,9-12,17,20-23,25-26,62H2,1-8H3,(H,65,69)(H,70,71). The molecule has 5 fully saturated rings. The third-order valence-corrected chi connectivity index (χ3v) is 20.4. The van der Waals surface area contributed by atoms with Crippen LogP contribution in [0.1, 0.15) is 130 Å². The van der Waals surface area contributed by atoms with Crippen molar-refractivity contribution in [3.63, 3.8) is 0 Å². The van der Waals surface area contributed by atoms with Gasteiger partial charge in [0.1, 0.15) is 40.4 Å². The summed E-state index contributed by atoms with van der Waals surface area (Å²) in [5.41, 5.74) is 2.92. The van der Waals surface area contributed by atoms with E-state index in [1.165, 1.54) is 0 Å². The number of aliphatic carboxylic acids is 1. The van der Waals surface area contributed by atoms with Crippen LogP contribution in [0, 0.1) is 46.3 Å². The second-order valence-electron chi connectivity index (χ2n) is 25.4. The molecule has 2 aromatic heterocycles. The molecule has 2 bridgehead atoms. The molecule has 1 saturated carbocycles. The van der Waals surface area contributed by atoms with E-state index in [0.717, 1.165) is 22.7 Å². The Balaban J connectivity index is 0.754. The molecule has 4 saturated heterocycles. The highest BCUT2D eigenvalue weighted by molar-refractivity contribution is 6.32. The van der Waals surface area contributed by atoms with Crippen molar-refractivity contribution in [2.24, 2.45) is 52.1 Å². The van der Waals surface area contributed by atoms with Crippen LogP contribution in [0.25, 0.3) is 21.9 Å². The SMILES string of the molecule is CCC1CC2(C)C=C(C(=O)O)C(C)CC23NC(=O)C(=C(O)C2(C)C(C=CC4C(OC5CC(OC6CC(C)(O)C(OC7CC(OC(=O)c8cc9c([nH]8)[nH]c8ccc(Cl)cc89)C(N)C(C)O7)C(C)O6)C(C)CO5)CCCC42)CC1O)C3=O. The fraction of sp³-hybridized carbons (Fsp3) is 0.667. The smallest absolute Gasteiger partial charge is 0.355 e. The number of carboxylic acid groups (broad SMARTS) is 1. The van der Waals surface area contributed by atoms with Gasteiger partial charge in [-0.1, -0.05) is 77.3 Å². The summed E-state index contributed by atoms with van der Waals surface area (Å²) in [4.78, 5) is 62.0. The van der Waals surface area contributed by atoms with Crippen molar-refractivity contribution < 1.29 is 72.8 Å². The molecular formula is C60H79ClN4O15. The van der Waals surface area contributed by atoms with E-state index in [9.17, 15) is 34.8 Å². The van der Waals surface area contributed by atoms with Gasteiger partial charge in [-0.15, -0.1) is 0 Å². The molecule has 1 spiro atoms. The van der Waals surface area contributed by atoms with Crippen LogP contribution < -0.4 is 11.1 Å². The van der Waals surface area contributed by atoms with Crippen LogP contribution in [0.15, 0.2) is 59.4 Å². The molecular weight excluding hydrogens is 1050 g/mol. The van der Waals surface area contributed by atoms with Crippen LogP contribution in [0.2, 0.25) is 5.02 Å². The molecule has 436 valence electrons. The quantitative estimate of drug-likeness (QED) is 0.0546. The zero-order valence-corrected chi connectivity index (χ0v) is 47.6. The fourth-order valence-electron chi connectivity index (χ4n) is 15.5. The molecule has 8 aliphatic rings. The number of ketones is 1. The fourth-order valence-corrected chi connectivity index (χ4v) is 15.7. The lowest BCUT2D eigenvalue weighted by molar-refractivity contribution is -0.337. The van der Waals surface area contributed by atoms with Gasteiger partial charge in [-0.2, -0.15) is 0 Å². The number of nitrogens with one attached hydrogen (secondary N) is 3. The summed E-state index contributed by atoms with van der Waals surface area (Å²) in [7, 11) is 0. The Morgan fingerprint density at radius 2 is 1.61 bits per heavy atom. The van der Waals surface area contributed by atoms with Gasteiger partial charge in [0.25, 0.3) is 5.91 Å². The van der Waals surface area contributed by atoms with Crippen LogP contribution in [0.4, 0.5) is 0 Å². The number of nitrogens with two attached hydrogens (primary N) is 1. The van der Waals surface area contributed by atoms with Crippen molar-refractivity contribution in [2.45, 2.75) is 198 Å². The third-order valence-electron chi connectivity index (χ3n) is 20.1. The maximum absolute atomic E-state index is 15.1. The first-order valence-electron chi connectivity index (χ1n) is 28.9. The van der Waals surface area contributed by atoms with Crippen molar-refractivity contribution in [3.05, 3.63) is 70.1 Å². The summed E-state index contributed by atoms with van der Waals surface area (Å²) in [5.74, 6) is -5.16. The minimum Gasteiger partial charge on any atom is -0.511 e. The van der Waals surface area contributed by atoms with E-state index in [4.69, 9.17) is 50.5 Å². The number of aromatic nitrogens is 2. The average molecular weight is 1130 g/mol. The average Bonchev–Trinajstić information content (AvgIpc) is 4.25. The number of Topliss-reactive ketones (excluding diaryl/α,β-unsaturated/α-hetero) is 1. The number of H-pyrrole nitrogens is 2. The van der Waals surface area contributed by atoms with E-state index in [2.05, 4.69) is 21.4 Å². The molecule has 4 aliphatic carbocycles. The second-order valence-corrected chi connectivity index (χ2v) is 25.9. The van der Waals surface area contributed by atoms with E-state index >= 15 is 4.79 Å². The topological polar surface area (TPSA) is 283 Å². The molecule has 3 aromatic rings. The van der Waals surface area contributed by atoms with E-state index < -0.39 is 113 Å². The van der Waals surface area contributed by atoms with Crippen molar-refractivity contribution in [3.8, 4) is 0 Å². The Kier molecular flexibility index (Phi) is 15.1. The summed E-state index contributed by atoms with van der Waals surface area (Å²) in [6.07, 6.45) is 2.65. The van der Waals surface area contributed by atoms with E-state index in [0.29, 0.717) is 43.0 Å². The Bertz CT molecular complexity index is 3020. The molecule has 1 amide bonds. The van der Waals surface area contributed by atoms with Crippen LogP contribution in [0.5, 0.6) is 0 Å². The summed E-state index contributed by atoms with van der Waals surface area (Å²) < 4.78 is 45.1. The molecule has 9 N–H and O–H groups in total. The van der Waals surface area contributed by atoms with Gasteiger partial charge in [-0.3, -0.25) is 9.59 Å². The van der Waals surface area contributed by atoms with Crippen LogP contribution in [-0.2, 0) is 47.5 Å². The predicted molar refractivity (Wildman–Crippen MR) is 293 cm³/mol. The zero-order chi connectivity index (χ0) is 57.1. The van der Waals surface area contributed by atoms with Gasteiger partial charge in [0.2, 0.25) is 0 Å². The summed E-state index contributed by atoms with van der Waals surface area (Å²) in [6.45, 7) is 15.1. The highest BCUT2D eigenvalue weighted by Gasteiger charge is 2.66. The van der Waals surface area contributed by atoms with Gasteiger partial charge in [-0.05, 0) is 101 Å². The second kappa shape index (κ2) is 21.2. The summed E-state index contributed by atoms with van der Waals surface area (Å²) >= 11 is 6.26. The number of halogens is 1. The van der Waals surface area contributed by atoms with Crippen LogP contribution >= 0.6 is 11.6 Å². The predicted octanol–water partition coefficient (Wildman–Crippen LogP) is 7.81. The number of aliphatic hydroxyl groups excluding tert-OH is 2. The maximum Gasteiger partial charge on any atom is 0.355 e. The summed E-state index contributed by atoms with van der Waals surface area (Å²) in [6, 6.07) is 6.57. The first kappa shape index (κ1) is 57.2. The Morgan fingerprint density at radius 1 is 0.875 bits per heavy atom. The number of carbonyl (C=O) groups is 4. The first-order chi connectivity index (χ1) is 37.8. The van der Waals surface area contributed by atoms with E-state index in [1.54, 1.807) is 45.9 Å². The number of aromatic amines is 2. The van der Waals surface area contributed by atoms with Gasteiger partial charge in [-0.25, -0.2) is 9.59 Å². The Labute approximate surface area is 470 Å². The minimum atomic E-state index is -1.52. The molecule has 80 heavy (non-hydrogen) atoms. The lowest BCUT2D eigenvalue weighted by atomic mass is 9.53. The highest BCUT2D eigenvalue weighted by atomic mass is 35.5. The molecule has 21 atom stereocenters. The summed E-state index contributed by atoms with van der Waals surface area (Å²) in [5, 5.41) is 52.5. The minimum absolute atomic E-state index is 0.0413. The number of ether oxygens (including phenoxy) is 7. The van der Waals surface area contributed by atoms with Gasteiger partial charge in [0, 0.05) is 68.8 Å². The van der Waals surface area contributed by atoms with Crippen molar-refractivity contribution in [2.75, 3.05) is 6.61 Å². The van der Waals surface area contributed by atoms with Crippen molar-refractivity contribution in [1.82, 2.24) is 15.3 Å². The number of rotatable bonds is 10. The largest absolute Gasteiger partial charge is 0.511 e. The van der Waals surface area contributed by atoms with Gasteiger partial charge >= 0.3 is 11.9 Å². The molecule has 4 aliphatic heterocycles. The number of fused-ring (bicyclic) bond motifs is 7. The molecule has 21 unspecified atom stereocenters. The Hall–Kier alpha value is -4.67. The molecule has 20 heteroatoms. The van der Waals surface area contributed by atoms with Crippen LogP contribution in [0.3, 0.4) is 0 Å².